The number of hydrogen-bond acceptors (Lipinski definition) is 1. The van der Waals surface area contributed by atoms with E-state index in [1.54, 1.807) is 0 Å². The van der Waals surface area contributed by atoms with Crippen LogP contribution in [0, 0.1) is 5.92 Å². The smallest absolute Gasteiger partial charge is 0.0466 e. The first-order valence-electron chi connectivity index (χ1n) is 7.03. The number of hydrogen-bond donors (Lipinski definition) is 0. The van der Waals surface area contributed by atoms with Crippen molar-refractivity contribution in [3.63, 3.8) is 0 Å². The average molecular weight is 238 g/mol. The molecule has 0 aliphatic carbocycles. The van der Waals surface area contributed by atoms with Gasteiger partial charge in [0.05, 0.1) is 0 Å². The average Bonchev–Trinajstić information content (AvgIpc) is 2.34. The third kappa shape index (κ3) is 9.17. The Bertz CT molecular complexity index is 238. The molecule has 1 heteroatoms. The van der Waals surface area contributed by atoms with E-state index < -0.39 is 0 Å². The van der Waals surface area contributed by atoms with Gasteiger partial charge in [-0.25, -0.2) is 0 Å². The lowest BCUT2D eigenvalue weighted by Crippen LogP contribution is -1.94. The van der Waals surface area contributed by atoms with E-state index in [1.807, 2.05) is 6.92 Å². The van der Waals surface area contributed by atoms with E-state index in [1.165, 1.54) is 36.8 Å². The molecule has 1 atom stereocenters. The summed E-state index contributed by atoms with van der Waals surface area (Å²) in [7, 11) is 0. The van der Waals surface area contributed by atoms with E-state index in [0.29, 0.717) is 5.92 Å². The first-order chi connectivity index (χ1) is 8.11. The van der Waals surface area contributed by atoms with Gasteiger partial charge in [0.1, 0.15) is 0 Å². The summed E-state index contributed by atoms with van der Waals surface area (Å²) in [6.07, 6.45) is 9.39. The molecule has 0 rings (SSSR count). The van der Waals surface area contributed by atoms with Gasteiger partial charge in [-0.1, -0.05) is 37.1 Å². The molecule has 0 fully saturated rings. The molecule has 0 aromatic heterocycles. The highest BCUT2D eigenvalue weighted by molar-refractivity contribution is 5.16. The minimum atomic E-state index is 0.706. The molecular weight excluding hydrogens is 208 g/mol. The second-order valence-electron chi connectivity index (χ2n) is 4.89. The molecule has 100 valence electrons. The van der Waals surface area contributed by atoms with Crippen molar-refractivity contribution in [2.24, 2.45) is 5.92 Å². The molecule has 0 spiro atoms. The molecule has 0 bridgehead atoms. The van der Waals surface area contributed by atoms with Gasteiger partial charge in [0.2, 0.25) is 0 Å². The van der Waals surface area contributed by atoms with E-state index >= 15 is 0 Å². The summed E-state index contributed by atoms with van der Waals surface area (Å²) in [5.74, 6) is 0.706. The highest BCUT2D eigenvalue weighted by atomic mass is 16.5. The van der Waals surface area contributed by atoms with Crippen LogP contribution in [0.3, 0.4) is 0 Å². The van der Waals surface area contributed by atoms with Crippen LogP contribution in [0.1, 0.15) is 60.3 Å². The van der Waals surface area contributed by atoms with Gasteiger partial charge in [-0.05, 0) is 52.4 Å². The normalized spacial score (nSPS) is 15.1. The Morgan fingerprint density at radius 1 is 1.12 bits per heavy atom. The zero-order chi connectivity index (χ0) is 13.1. The van der Waals surface area contributed by atoms with Crippen LogP contribution in [0.15, 0.2) is 23.3 Å². The molecule has 0 aromatic rings. The largest absolute Gasteiger partial charge is 0.382 e. The molecule has 0 aliphatic heterocycles. The fourth-order valence-corrected chi connectivity index (χ4v) is 1.60. The van der Waals surface area contributed by atoms with Gasteiger partial charge >= 0.3 is 0 Å². The molecule has 0 amide bonds. The molecule has 0 aromatic carbocycles. The minimum absolute atomic E-state index is 0.706. The lowest BCUT2D eigenvalue weighted by Gasteiger charge is -2.07. The van der Waals surface area contributed by atoms with Crippen molar-refractivity contribution in [1.29, 1.82) is 0 Å². The molecule has 0 aliphatic rings. The molecule has 1 nitrogen and oxygen atoms in total. The van der Waals surface area contributed by atoms with Crippen LogP contribution in [0.5, 0.6) is 0 Å². The summed E-state index contributed by atoms with van der Waals surface area (Å²) < 4.78 is 5.33. The number of unbranched alkanes of at least 4 members (excludes halogenated alkanes) is 1. The van der Waals surface area contributed by atoms with Gasteiger partial charge in [0, 0.05) is 13.2 Å². The molecule has 0 heterocycles. The predicted molar refractivity (Wildman–Crippen MR) is 77.3 cm³/mol. The topological polar surface area (TPSA) is 9.23 Å². The zero-order valence-electron chi connectivity index (χ0n) is 12.4. The quantitative estimate of drug-likeness (QED) is 0.399. The molecule has 0 saturated heterocycles. The van der Waals surface area contributed by atoms with Crippen molar-refractivity contribution < 1.29 is 4.74 Å². The van der Waals surface area contributed by atoms with Crippen LogP contribution in [0.25, 0.3) is 0 Å². The molecule has 0 radical (unpaired) electrons. The summed E-state index contributed by atoms with van der Waals surface area (Å²) in [4.78, 5) is 0. The highest BCUT2D eigenvalue weighted by Crippen LogP contribution is 2.14. The predicted octanol–water partition coefficient (Wildman–Crippen LogP) is 5.13. The Morgan fingerprint density at radius 2 is 1.82 bits per heavy atom. The maximum atomic E-state index is 5.33. The minimum Gasteiger partial charge on any atom is -0.382 e. The monoisotopic (exact) mass is 238 g/mol. The van der Waals surface area contributed by atoms with Crippen LogP contribution >= 0.6 is 0 Å². The Balaban J connectivity index is 3.85. The summed E-state index contributed by atoms with van der Waals surface area (Å²) in [6, 6.07) is 0. The number of rotatable bonds is 9. The van der Waals surface area contributed by atoms with Crippen LogP contribution in [0.4, 0.5) is 0 Å². The second-order valence-corrected chi connectivity index (χ2v) is 4.89. The van der Waals surface area contributed by atoms with E-state index in [2.05, 4.69) is 39.8 Å². The van der Waals surface area contributed by atoms with E-state index in [0.717, 1.165) is 13.2 Å². The Labute approximate surface area is 108 Å². The van der Waals surface area contributed by atoms with Gasteiger partial charge in [-0.2, -0.15) is 0 Å². The maximum absolute atomic E-state index is 5.33. The lowest BCUT2D eigenvalue weighted by molar-refractivity contribution is 0.143. The molecule has 0 saturated carbocycles. The van der Waals surface area contributed by atoms with Crippen LogP contribution < -0.4 is 0 Å². The summed E-state index contributed by atoms with van der Waals surface area (Å²) >= 11 is 0. The molecular formula is C16H30O. The third-order valence-corrected chi connectivity index (χ3v) is 3.33. The van der Waals surface area contributed by atoms with E-state index in [9.17, 15) is 0 Å². The standard InChI is InChI=1S/C16H30O/c1-6-15(4)16(5)12-11-14(3)10-8-9-13-17-7-2/h11-12,15H,6-10,13H2,1-5H3/b14-11+,16-12+. The van der Waals surface area contributed by atoms with Gasteiger partial charge in [0.25, 0.3) is 0 Å². The molecule has 0 N–H and O–H groups in total. The van der Waals surface area contributed by atoms with Crippen molar-refractivity contribution in [2.45, 2.75) is 60.3 Å². The Kier molecular flexibility index (Phi) is 10.2. The van der Waals surface area contributed by atoms with Crippen LogP contribution in [0.2, 0.25) is 0 Å². The Morgan fingerprint density at radius 3 is 2.41 bits per heavy atom. The van der Waals surface area contributed by atoms with Crippen molar-refractivity contribution >= 4 is 0 Å². The third-order valence-electron chi connectivity index (χ3n) is 3.33. The summed E-state index contributed by atoms with van der Waals surface area (Å²) in [5, 5.41) is 0. The molecule has 1 unspecified atom stereocenters. The van der Waals surface area contributed by atoms with Crippen LogP contribution in [-0.2, 0) is 4.74 Å². The van der Waals surface area contributed by atoms with Gasteiger partial charge in [-0.15, -0.1) is 0 Å². The van der Waals surface area contributed by atoms with Crippen molar-refractivity contribution in [1.82, 2.24) is 0 Å². The van der Waals surface area contributed by atoms with Gasteiger partial charge < -0.3 is 4.74 Å². The van der Waals surface area contributed by atoms with Crippen LogP contribution in [-0.4, -0.2) is 13.2 Å². The fourth-order valence-electron chi connectivity index (χ4n) is 1.60. The van der Waals surface area contributed by atoms with Crippen molar-refractivity contribution in [3.05, 3.63) is 23.3 Å². The fraction of sp³-hybridized carbons (Fsp3) is 0.750. The summed E-state index contributed by atoms with van der Waals surface area (Å²) in [6.45, 7) is 12.8. The van der Waals surface area contributed by atoms with E-state index in [-0.39, 0.29) is 0 Å². The number of allylic oxidation sites excluding steroid dienone is 4. The SMILES string of the molecule is CCOCCCC/C(C)=C/C=C(\C)C(C)CC. The first-order valence-corrected chi connectivity index (χ1v) is 7.03. The molecule has 17 heavy (non-hydrogen) atoms. The van der Waals surface area contributed by atoms with E-state index in [4.69, 9.17) is 4.74 Å². The van der Waals surface area contributed by atoms with Gasteiger partial charge in [0.15, 0.2) is 0 Å². The highest BCUT2D eigenvalue weighted by Gasteiger charge is 1.98. The summed E-state index contributed by atoms with van der Waals surface area (Å²) in [5.41, 5.74) is 2.96. The zero-order valence-corrected chi connectivity index (χ0v) is 12.4. The number of ether oxygens (including phenoxy) is 1. The van der Waals surface area contributed by atoms with Gasteiger partial charge in [-0.3, -0.25) is 0 Å². The second kappa shape index (κ2) is 10.6. The maximum Gasteiger partial charge on any atom is 0.0466 e. The van der Waals surface area contributed by atoms with Crippen molar-refractivity contribution in [3.8, 4) is 0 Å². The first kappa shape index (κ1) is 16.4. The Hall–Kier alpha value is -0.560. The van der Waals surface area contributed by atoms with Crippen molar-refractivity contribution in [2.75, 3.05) is 13.2 Å². The lowest BCUT2D eigenvalue weighted by atomic mass is 9.99.